The molecule has 0 atom stereocenters. The van der Waals surface area contributed by atoms with E-state index in [9.17, 15) is 4.79 Å². The Morgan fingerprint density at radius 2 is 2.23 bits per heavy atom. The number of esters is 1. The lowest BCUT2D eigenvalue weighted by Gasteiger charge is -2.05. The van der Waals surface area contributed by atoms with Gasteiger partial charge in [0.05, 0.1) is 17.7 Å². The Bertz CT molecular complexity index is 354. The van der Waals surface area contributed by atoms with E-state index in [0.717, 1.165) is 3.57 Å². The normalized spacial score (nSPS) is 9.85. The topological polar surface area (TPSA) is 26.3 Å². The molecule has 5 heteroatoms. The Morgan fingerprint density at radius 1 is 1.62 bits per heavy atom. The second-order valence-electron chi connectivity index (χ2n) is 2.21. The second-order valence-corrected chi connectivity index (χ2v) is 4.60. The summed E-state index contributed by atoms with van der Waals surface area (Å²) in [5, 5.41) is 0.388. The van der Waals surface area contributed by atoms with E-state index in [1.54, 1.807) is 12.1 Å². The first-order chi connectivity index (χ1) is 6.07. The molecule has 13 heavy (non-hydrogen) atoms. The van der Waals surface area contributed by atoms with Gasteiger partial charge in [0.25, 0.3) is 0 Å². The summed E-state index contributed by atoms with van der Waals surface area (Å²) in [5.41, 5.74) is 0.402. The Morgan fingerprint density at radius 3 is 2.77 bits per heavy atom. The van der Waals surface area contributed by atoms with Crippen LogP contribution in [0.15, 0.2) is 16.6 Å². The molecule has 0 spiro atoms. The van der Waals surface area contributed by atoms with Gasteiger partial charge in [0.2, 0.25) is 0 Å². The van der Waals surface area contributed by atoms with E-state index in [2.05, 4.69) is 20.7 Å². The molecule has 1 aromatic rings. The third-order valence-corrected chi connectivity index (χ3v) is 3.61. The van der Waals surface area contributed by atoms with Gasteiger partial charge < -0.3 is 4.74 Å². The number of ether oxygens (including phenoxy) is 1. The van der Waals surface area contributed by atoms with E-state index in [-0.39, 0.29) is 0 Å². The standard InChI is InChI=1S/C8H5BrClIO2/c1-13-8(12)6-5(11)3-2-4(9)7(6)10/h2-3H,1H3. The first kappa shape index (κ1) is 11.3. The number of hydrogen-bond donors (Lipinski definition) is 0. The number of carbonyl (C=O) groups excluding carboxylic acids is 1. The zero-order valence-electron chi connectivity index (χ0n) is 6.61. The van der Waals surface area contributed by atoms with E-state index in [1.807, 2.05) is 22.6 Å². The number of hydrogen-bond acceptors (Lipinski definition) is 2. The smallest absolute Gasteiger partial charge is 0.340 e. The first-order valence-corrected chi connectivity index (χ1v) is 5.54. The van der Waals surface area contributed by atoms with Crippen LogP contribution in [-0.2, 0) is 4.74 Å². The fourth-order valence-electron chi connectivity index (χ4n) is 0.816. The van der Waals surface area contributed by atoms with Crippen molar-refractivity contribution in [2.24, 2.45) is 0 Å². The van der Waals surface area contributed by atoms with Crippen LogP contribution in [0.4, 0.5) is 0 Å². The van der Waals surface area contributed by atoms with Crippen molar-refractivity contribution < 1.29 is 9.53 Å². The summed E-state index contributed by atoms with van der Waals surface area (Å²) < 4.78 is 6.07. The van der Waals surface area contributed by atoms with Gasteiger partial charge in [0, 0.05) is 8.04 Å². The molecule has 1 aromatic carbocycles. The van der Waals surface area contributed by atoms with Crippen LogP contribution in [-0.4, -0.2) is 13.1 Å². The molecule has 2 nitrogen and oxygen atoms in total. The Balaban J connectivity index is 3.33. The van der Waals surface area contributed by atoms with E-state index in [0.29, 0.717) is 15.1 Å². The van der Waals surface area contributed by atoms with Crippen LogP contribution in [0.25, 0.3) is 0 Å². The van der Waals surface area contributed by atoms with Gasteiger partial charge in [-0.05, 0) is 50.7 Å². The zero-order valence-corrected chi connectivity index (χ0v) is 11.1. The summed E-state index contributed by atoms with van der Waals surface area (Å²) in [6.45, 7) is 0. The highest BCUT2D eigenvalue weighted by atomic mass is 127. The highest BCUT2D eigenvalue weighted by Gasteiger charge is 2.16. The largest absolute Gasteiger partial charge is 0.465 e. The van der Waals surface area contributed by atoms with Crippen molar-refractivity contribution in [3.63, 3.8) is 0 Å². The van der Waals surface area contributed by atoms with Crippen LogP contribution < -0.4 is 0 Å². The number of carbonyl (C=O) groups is 1. The molecule has 0 aliphatic carbocycles. The molecular weight excluding hydrogens is 370 g/mol. The SMILES string of the molecule is COC(=O)c1c(I)ccc(Br)c1Cl. The summed E-state index contributed by atoms with van der Waals surface area (Å²) in [5.74, 6) is -0.421. The maximum Gasteiger partial charge on any atom is 0.340 e. The van der Waals surface area contributed by atoms with Crippen molar-refractivity contribution in [2.75, 3.05) is 7.11 Å². The van der Waals surface area contributed by atoms with Crippen LogP contribution in [0.1, 0.15) is 10.4 Å². The molecule has 0 aliphatic rings. The van der Waals surface area contributed by atoms with Gasteiger partial charge in [-0.1, -0.05) is 11.6 Å². The lowest BCUT2D eigenvalue weighted by Crippen LogP contribution is -2.04. The fourth-order valence-corrected chi connectivity index (χ4v) is 2.22. The van der Waals surface area contributed by atoms with E-state index in [1.165, 1.54) is 7.11 Å². The van der Waals surface area contributed by atoms with Crippen LogP contribution in [0.5, 0.6) is 0 Å². The minimum Gasteiger partial charge on any atom is -0.465 e. The van der Waals surface area contributed by atoms with Gasteiger partial charge in [0.15, 0.2) is 0 Å². The lowest BCUT2D eigenvalue weighted by atomic mass is 10.2. The predicted molar refractivity (Wildman–Crippen MR) is 63.2 cm³/mol. The van der Waals surface area contributed by atoms with Crippen molar-refractivity contribution in [1.82, 2.24) is 0 Å². The molecule has 0 saturated carbocycles. The Labute approximate surface area is 103 Å². The lowest BCUT2D eigenvalue weighted by molar-refractivity contribution is 0.0599. The summed E-state index contributed by atoms with van der Waals surface area (Å²) in [6.07, 6.45) is 0. The molecule has 70 valence electrons. The number of rotatable bonds is 1. The molecule has 0 N–H and O–H groups in total. The maximum absolute atomic E-state index is 11.3. The maximum atomic E-state index is 11.3. The molecule has 0 bridgehead atoms. The third kappa shape index (κ3) is 2.35. The quantitative estimate of drug-likeness (QED) is 0.427. The molecular formula is C8H5BrClIO2. The van der Waals surface area contributed by atoms with Gasteiger partial charge in [-0.15, -0.1) is 0 Å². The Kier molecular flexibility index (Phi) is 4.00. The molecule has 0 saturated heterocycles. The van der Waals surface area contributed by atoms with E-state index in [4.69, 9.17) is 11.6 Å². The van der Waals surface area contributed by atoms with Crippen LogP contribution in [0.3, 0.4) is 0 Å². The average Bonchev–Trinajstić information content (AvgIpc) is 2.12. The van der Waals surface area contributed by atoms with Crippen molar-refractivity contribution in [2.45, 2.75) is 0 Å². The monoisotopic (exact) mass is 374 g/mol. The van der Waals surface area contributed by atoms with Gasteiger partial charge in [-0.2, -0.15) is 0 Å². The first-order valence-electron chi connectivity index (χ1n) is 3.29. The van der Waals surface area contributed by atoms with Gasteiger partial charge in [-0.25, -0.2) is 4.79 Å². The summed E-state index contributed by atoms with van der Waals surface area (Å²) in [4.78, 5) is 11.3. The van der Waals surface area contributed by atoms with Crippen molar-refractivity contribution in [3.05, 3.63) is 30.8 Å². The van der Waals surface area contributed by atoms with E-state index < -0.39 is 5.97 Å². The summed E-state index contributed by atoms with van der Waals surface area (Å²) in [7, 11) is 1.33. The van der Waals surface area contributed by atoms with Crippen molar-refractivity contribution in [1.29, 1.82) is 0 Å². The molecule has 1 rings (SSSR count). The predicted octanol–water partition coefficient (Wildman–Crippen LogP) is 3.49. The fraction of sp³-hybridized carbons (Fsp3) is 0.125. The van der Waals surface area contributed by atoms with Crippen molar-refractivity contribution in [3.8, 4) is 0 Å². The van der Waals surface area contributed by atoms with Crippen LogP contribution in [0.2, 0.25) is 5.02 Å². The van der Waals surface area contributed by atoms with Crippen LogP contribution in [0, 0.1) is 3.57 Å². The molecule has 0 heterocycles. The van der Waals surface area contributed by atoms with Gasteiger partial charge >= 0.3 is 5.97 Å². The molecule has 0 aliphatic heterocycles. The summed E-state index contributed by atoms with van der Waals surface area (Å²) in [6, 6.07) is 3.58. The average molecular weight is 375 g/mol. The zero-order chi connectivity index (χ0) is 10.0. The third-order valence-electron chi connectivity index (χ3n) is 1.43. The summed E-state index contributed by atoms with van der Waals surface area (Å²) >= 11 is 11.2. The van der Waals surface area contributed by atoms with Crippen LogP contribution >= 0.6 is 50.1 Å². The Hall–Kier alpha value is 0.190. The number of methoxy groups -OCH3 is 1. The minimum absolute atomic E-state index is 0.388. The van der Waals surface area contributed by atoms with Gasteiger partial charge in [-0.3, -0.25) is 0 Å². The molecule has 0 amide bonds. The molecule has 0 radical (unpaired) electrons. The highest BCUT2D eigenvalue weighted by molar-refractivity contribution is 14.1. The molecule has 0 unspecified atom stereocenters. The van der Waals surface area contributed by atoms with Crippen molar-refractivity contribution >= 4 is 56.1 Å². The number of benzene rings is 1. The minimum atomic E-state index is -0.421. The van der Waals surface area contributed by atoms with E-state index >= 15 is 0 Å². The second kappa shape index (κ2) is 4.61. The highest BCUT2D eigenvalue weighted by Crippen LogP contribution is 2.30. The molecule has 0 aromatic heterocycles. The van der Waals surface area contributed by atoms with Gasteiger partial charge in [0.1, 0.15) is 0 Å². The molecule has 0 fully saturated rings. The number of halogens is 3.